The molecule has 2 rings (SSSR count). The minimum absolute atomic E-state index is 0.415. The minimum Gasteiger partial charge on any atom is -0.515 e. The summed E-state index contributed by atoms with van der Waals surface area (Å²) >= 11 is 0. The molecule has 27 heavy (non-hydrogen) atoms. The minimum atomic E-state index is -2.51. The van der Waals surface area contributed by atoms with Crippen LogP contribution in [0.15, 0.2) is 60.7 Å². The van der Waals surface area contributed by atoms with Gasteiger partial charge in [0.1, 0.15) is 0 Å². The van der Waals surface area contributed by atoms with E-state index >= 15 is 0 Å². The maximum atomic E-state index is 12.3. The molecule has 0 amide bonds. The van der Waals surface area contributed by atoms with Gasteiger partial charge in [-0.25, -0.2) is 0 Å². The van der Waals surface area contributed by atoms with Gasteiger partial charge in [-0.3, -0.25) is 9.59 Å². The summed E-state index contributed by atoms with van der Waals surface area (Å²) in [4.78, 5) is 24.5. The molecule has 144 valence electrons. The molecule has 0 saturated carbocycles. The molecule has 0 aliphatic carbocycles. The Balaban J connectivity index is 1.95. The van der Waals surface area contributed by atoms with Crippen LogP contribution in [0.25, 0.3) is 0 Å². The zero-order valence-electron chi connectivity index (χ0n) is 16.1. The molecule has 7 heteroatoms. The smallest absolute Gasteiger partial charge is 0.322 e. The van der Waals surface area contributed by atoms with Crippen LogP contribution < -0.4 is 10.4 Å². The average molecular weight is 403 g/mol. The number of rotatable bonds is 7. The lowest BCUT2D eigenvalue weighted by Gasteiger charge is -2.26. The molecule has 0 spiro atoms. The number of carbonyl (C=O) groups is 2. The van der Waals surface area contributed by atoms with Gasteiger partial charge in [-0.2, -0.15) is 0 Å². The Bertz CT molecular complexity index is 775. The number of hydrogen-bond acceptors (Lipinski definition) is 5. The van der Waals surface area contributed by atoms with Crippen LogP contribution in [0.1, 0.15) is 6.42 Å². The van der Waals surface area contributed by atoms with Crippen molar-refractivity contribution in [1.82, 2.24) is 0 Å². The van der Waals surface area contributed by atoms with Gasteiger partial charge in [-0.1, -0.05) is 60.7 Å². The van der Waals surface area contributed by atoms with E-state index in [1.54, 1.807) is 0 Å². The highest BCUT2D eigenvalue weighted by atomic mass is 28.4. The molecule has 0 aliphatic rings. The van der Waals surface area contributed by atoms with Gasteiger partial charge >= 0.3 is 5.97 Å². The fourth-order valence-electron chi connectivity index (χ4n) is 2.68. The summed E-state index contributed by atoms with van der Waals surface area (Å²) in [7, 11) is -4.96. The van der Waals surface area contributed by atoms with Crippen LogP contribution in [0.2, 0.25) is 26.2 Å². The highest BCUT2D eigenvalue weighted by molar-refractivity contribution is 6.86. The number of carbonyl (C=O) groups excluding carboxylic acids is 2. The largest absolute Gasteiger partial charge is 0.515 e. The quantitative estimate of drug-likeness (QED) is 0.718. The van der Waals surface area contributed by atoms with Crippen molar-refractivity contribution in [3.05, 3.63) is 60.7 Å². The number of aliphatic hydroxyl groups is 1. The van der Waals surface area contributed by atoms with Crippen LogP contribution in [-0.4, -0.2) is 39.8 Å². The van der Waals surface area contributed by atoms with E-state index in [9.17, 15) is 14.7 Å². The second-order valence-electron chi connectivity index (χ2n) is 7.37. The molecule has 0 saturated heterocycles. The molecule has 0 radical (unpaired) electrons. The van der Waals surface area contributed by atoms with E-state index in [1.807, 2.05) is 86.9 Å². The van der Waals surface area contributed by atoms with Crippen molar-refractivity contribution in [3.8, 4) is 0 Å². The summed E-state index contributed by atoms with van der Waals surface area (Å²) in [5, 5.41) is 12.0. The van der Waals surface area contributed by atoms with Crippen molar-refractivity contribution in [2.75, 3.05) is 0 Å². The molecule has 0 heterocycles. The lowest BCUT2D eigenvalue weighted by Crippen LogP contribution is -2.49. The lowest BCUT2D eigenvalue weighted by atomic mass is 10.3. The Hall–Kier alpha value is -2.23. The van der Waals surface area contributed by atoms with E-state index in [0.717, 1.165) is 10.4 Å². The lowest BCUT2D eigenvalue weighted by molar-refractivity contribution is -0.150. The van der Waals surface area contributed by atoms with E-state index in [1.165, 1.54) is 0 Å². The summed E-state index contributed by atoms with van der Waals surface area (Å²) in [5.74, 6) is -1.38. The highest BCUT2D eigenvalue weighted by Gasteiger charge is 2.35. The van der Waals surface area contributed by atoms with E-state index in [-0.39, 0.29) is 0 Å². The van der Waals surface area contributed by atoms with Crippen molar-refractivity contribution in [2.24, 2.45) is 0 Å². The van der Waals surface area contributed by atoms with Crippen molar-refractivity contribution in [3.63, 3.8) is 0 Å². The molecule has 0 bridgehead atoms. The van der Waals surface area contributed by atoms with Crippen LogP contribution in [0, 0.1) is 0 Å². The molecule has 5 nitrogen and oxygen atoms in total. The average Bonchev–Trinajstić information content (AvgIpc) is 2.62. The number of benzene rings is 2. The third-order valence-corrected chi connectivity index (χ3v) is 9.19. The van der Waals surface area contributed by atoms with E-state index in [4.69, 9.17) is 8.85 Å². The standard InChI is InChI=1S/C20H26O5Si2/c1-26(2,16-11-7-5-8-12-16)24-19(22)15-18(21)20(23)25-27(3,4)17-13-9-6-10-14-17/h5-14,18,21H,15H2,1-4H3. The first-order valence-electron chi connectivity index (χ1n) is 8.85. The van der Waals surface area contributed by atoms with Gasteiger partial charge in [0.2, 0.25) is 0 Å². The molecule has 2 aromatic rings. The maximum Gasteiger partial charge on any atom is 0.322 e. The molecule has 0 fully saturated rings. The molecule has 0 aliphatic heterocycles. The van der Waals surface area contributed by atoms with Crippen molar-refractivity contribution < 1.29 is 23.5 Å². The summed E-state index contributed by atoms with van der Waals surface area (Å²) in [6.45, 7) is 7.54. The summed E-state index contributed by atoms with van der Waals surface area (Å²) < 4.78 is 11.2. The molecule has 1 unspecified atom stereocenters. The molecule has 2 aromatic carbocycles. The Morgan fingerprint density at radius 1 is 0.815 bits per heavy atom. The zero-order valence-corrected chi connectivity index (χ0v) is 18.1. The highest BCUT2D eigenvalue weighted by Crippen LogP contribution is 2.11. The molecule has 1 atom stereocenters. The van der Waals surface area contributed by atoms with Crippen LogP contribution in [0.3, 0.4) is 0 Å². The predicted octanol–water partition coefficient (Wildman–Crippen LogP) is 2.05. The molecular formula is C20H26O5Si2. The first-order chi connectivity index (χ1) is 12.6. The summed E-state index contributed by atoms with van der Waals surface area (Å²) in [6, 6.07) is 18.9. The van der Waals surface area contributed by atoms with E-state index < -0.39 is 41.1 Å². The first kappa shape index (κ1) is 21.1. The normalized spacial score (nSPS) is 12.9. The van der Waals surface area contributed by atoms with Crippen LogP contribution in [-0.2, 0) is 18.4 Å². The van der Waals surface area contributed by atoms with Gasteiger partial charge in [0.05, 0.1) is 6.42 Å². The topological polar surface area (TPSA) is 72.8 Å². The number of aliphatic hydroxyl groups excluding tert-OH is 1. The van der Waals surface area contributed by atoms with Crippen molar-refractivity contribution >= 4 is 38.9 Å². The Kier molecular flexibility index (Phi) is 6.75. The van der Waals surface area contributed by atoms with Gasteiger partial charge in [-0.15, -0.1) is 0 Å². The second-order valence-corrected chi connectivity index (χ2v) is 15.0. The fourth-order valence-corrected chi connectivity index (χ4v) is 6.20. The van der Waals surface area contributed by atoms with Gasteiger partial charge in [0, 0.05) is 0 Å². The van der Waals surface area contributed by atoms with Crippen LogP contribution >= 0.6 is 0 Å². The second kappa shape index (κ2) is 8.64. The molecular weight excluding hydrogens is 376 g/mol. The van der Waals surface area contributed by atoms with E-state index in [0.29, 0.717) is 0 Å². The zero-order chi connectivity index (χ0) is 20.1. The van der Waals surface area contributed by atoms with E-state index in [2.05, 4.69) is 0 Å². The maximum absolute atomic E-state index is 12.3. The molecule has 0 aromatic heterocycles. The van der Waals surface area contributed by atoms with Crippen LogP contribution in [0.5, 0.6) is 0 Å². The van der Waals surface area contributed by atoms with Gasteiger partial charge in [0.25, 0.3) is 22.6 Å². The third kappa shape index (κ3) is 5.88. The van der Waals surface area contributed by atoms with Crippen molar-refractivity contribution in [2.45, 2.75) is 38.7 Å². The monoisotopic (exact) mass is 402 g/mol. The summed E-state index contributed by atoms with van der Waals surface area (Å²) in [6.07, 6.45) is -1.95. The van der Waals surface area contributed by atoms with Gasteiger partial charge in [0.15, 0.2) is 6.10 Å². The fraction of sp³-hybridized carbons (Fsp3) is 0.300. The van der Waals surface area contributed by atoms with Gasteiger partial charge in [-0.05, 0) is 36.6 Å². The third-order valence-electron chi connectivity index (χ3n) is 4.29. The number of hydrogen-bond donors (Lipinski definition) is 1. The Morgan fingerprint density at radius 3 is 1.67 bits per heavy atom. The first-order valence-corrected chi connectivity index (χ1v) is 14.7. The molecule has 1 N–H and O–H groups in total. The van der Waals surface area contributed by atoms with Crippen LogP contribution in [0.4, 0.5) is 0 Å². The SMILES string of the molecule is C[Si](C)(OC(=O)CC(O)C(=O)O[Si](C)(C)c1ccccc1)c1ccccc1. The Labute approximate surface area is 162 Å². The van der Waals surface area contributed by atoms with Gasteiger partial charge < -0.3 is 14.0 Å². The summed E-state index contributed by atoms with van der Waals surface area (Å²) in [5.41, 5.74) is 0. The predicted molar refractivity (Wildman–Crippen MR) is 110 cm³/mol. The Morgan fingerprint density at radius 2 is 1.22 bits per heavy atom. The van der Waals surface area contributed by atoms with Crippen molar-refractivity contribution in [1.29, 1.82) is 0 Å².